The molecule has 0 radical (unpaired) electrons. The van der Waals surface area contributed by atoms with Crippen molar-refractivity contribution in [1.29, 1.82) is 0 Å². The molecule has 1 nitrogen and oxygen atoms in total. The van der Waals surface area contributed by atoms with Crippen LogP contribution in [0.1, 0.15) is 42.9 Å². The van der Waals surface area contributed by atoms with Gasteiger partial charge in [0.1, 0.15) is 0 Å². The maximum Gasteiger partial charge on any atom is 0.0108 e. The molecule has 1 aromatic carbocycles. The van der Waals surface area contributed by atoms with Crippen molar-refractivity contribution >= 4 is 0 Å². The van der Waals surface area contributed by atoms with Crippen molar-refractivity contribution in [3.05, 3.63) is 34.9 Å². The molecule has 1 aromatic rings. The van der Waals surface area contributed by atoms with Crippen LogP contribution < -0.4 is 5.32 Å². The zero-order valence-corrected chi connectivity index (χ0v) is 10.8. The van der Waals surface area contributed by atoms with Gasteiger partial charge in [-0.15, -0.1) is 0 Å². The molecule has 2 aliphatic rings. The molecule has 2 atom stereocenters. The fourth-order valence-corrected chi connectivity index (χ4v) is 3.27. The van der Waals surface area contributed by atoms with E-state index in [1.165, 1.54) is 50.6 Å². The molecule has 0 saturated carbocycles. The maximum absolute atomic E-state index is 3.69. The van der Waals surface area contributed by atoms with Crippen LogP contribution in [-0.2, 0) is 19.3 Å². The molecule has 0 amide bonds. The Hall–Kier alpha value is -0.820. The Morgan fingerprint density at radius 2 is 2.06 bits per heavy atom. The lowest BCUT2D eigenvalue weighted by Gasteiger charge is -2.28. The summed E-state index contributed by atoms with van der Waals surface area (Å²) in [5, 5.41) is 3.69. The molecule has 1 heteroatoms. The lowest BCUT2D eigenvalue weighted by Crippen LogP contribution is -2.39. The van der Waals surface area contributed by atoms with Crippen LogP contribution in [0.2, 0.25) is 0 Å². The van der Waals surface area contributed by atoms with E-state index in [1.807, 2.05) is 0 Å². The largest absolute Gasteiger partial charge is 0.313 e. The first-order chi connectivity index (χ1) is 8.31. The fourth-order valence-electron chi connectivity index (χ4n) is 3.27. The number of benzene rings is 1. The zero-order valence-electron chi connectivity index (χ0n) is 10.8. The highest BCUT2D eigenvalue weighted by molar-refractivity contribution is 5.35. The van der Waals surface area contributed by atoms with Gasteiger partial charge in [-0.1, -0.05) is 25.1 Å². The SMILES string of the molecule is CC1CCC(Cc2ccc3c(c2)CCC3)NC1. The van der Waals surface area contributed by atoms with Gasteiger partial charge in [-0.3, -0.25) is 0 Å². The van der Waals surface area contributed by atoms with Crippen LogP contribution >= 0.6 is 0 Å². The van der Waals surface area contributed by atoms with Crippen LogP contribution in [-0.4, -0.2) is 12.6 Å². The normalized spacial score (nSPS) is 28.1. The van der Waals surface area contributed by atoms with Gasteiger partial charge in [0.15, 0.2) is 0 Å². The number of rotatable bonds is 2. The van der Waals surface area contributed by atoms with Crippen molar-refractivity contribution < 1.29 is 0 Å². The molecule has 1 aliphatic heterocycles. The number of aryl methyl sites for hydroxylation is 2. The van der Waals surface area contributed by atoms with E-state index < -0.39 is 0 Å². The molecule has 3 rings (SSSR count). The van der Waals surface area contributed by atoms with Crippen LogP contribution in [0.15, 0.2) is 18.2 Å². The summed E-state index contributed by atoms with van der Waals surface area (Å²) in [5.74, 6) is 0.867. The van der Waals surface area contributed by atoms with Gasteiger partial charge in [-0.2, -0.15) is 0 Å². The molecule has 1 fully saturated rings. The number of nitrogens with one attached hydrogen (secondary N) is 1. The lowest BCUT2D eigenvalue weighted by atomic mass is 9.92. The topological polar surface area (TPSA) is 12.0 Å². The van der Waals surface area contributed by atoms with Crippen LogP contribution in [0.25, 0.3) is 0 Å². The monoisotopic (exact) mass is 229 g/mol. The predicted octanol–water partition coefficient (Wildman–Crippen LogP) is 3.11. The van der Waals surface area contributed by atoms with Gasteiger partial charge in [0.05, 0.1) is 0 Å². The first-order valence-corrected chi connectivity index (χ1v) is 7.15. The van der Waals surface area contributed by atoms with Gasteiger partial charge in [0, 0.05) is 6.04 Å². The summed E-state index contributed by atoms with van der Waals surface area (Å²) in [6.45, 7) is 3.55. The van der Waals surface area contributed by atoms with Crippen LogP contribution in [0, 0.1) is 5.92 Å². The van der Waals surface area contributed by atoms with Crippen molar-refractivity contribution in [3.63, 3.8) is 0 Å². The van der Waals surface area contributed by atoms with E-state index in [0.717, 1.165) is 5.92 Å². The molecule has 0 aromatic heterocycles. The van der Waals surface area contributed by atoms with Crippen LogP contribution in [0.4, 0.5) is 0 Å². The highest BCUT2D eigenvalue weighted by Crippen LogP contribution is 2.24. The van der Waals surface area contributed by atoms with Crippen molar-refractivity contribution in [1.82, 2.24) is 5.32 Å². The number of piperidine rings is 1. The quantitative estimate of drug-likeness (QED) is 0.821. The molecule has 1 N–H and O–H groups in total. The third-order valence-corrected chi connectivity index (χ3v) is 4.41. The standard InChI is InChI=1S/C16H23N/c1-12-5-8-16(17-11-12)10-13-6-7-14-3-2-4-15(14)9-13/h6-7,9,12,16-17H,2-5,8,10-11H2,1H3. The van der Waals surface area contributed by atoms with E-state index >= 15 is 0 Å². The predicted molar refractivity (Wildman–Crippen MR) is 72.4 cm³/mol. The average Bonchev–Trinajstić information content (AvgIpc) is 2.79. The fraction of sp³-hybridized carbons (Fsp3) is 0.625. The number of hydrogen-bond donors (Lipinski definition) is 1. The molecule has 1 saturated heterocycles. The Labute approximate surface area is 105 Å². The third kappa shape index (κ3) is 2.55. The molecule has 0 bridgehead atoms. The second-order valence-electron chi connectivity index (χ2n) is 5.95. The van der Waals surface area contributed by atoms with Crippen molar-refractivity contribution in [2.24, 2.45) is 5.92 Å². The van der Waals surface area contributed by atoms with Gasteiger partial charge in [0.25, 0.3) is 0 Å². The van der Waals surface area contributed by atoms with Crippen molar-refractivity contribution in [2.45, 2.75) is 51.5 Å². The van der Waals surface area contributed by atoms with E-state index in [2.05, 4.69) is 30.4 Å². The summed E-state index contributed by atoms with van der Waals surface area (Å²) in [7, 11) is 0. The lowest BCUT2D eigenvalue weighted by molar-refractivity contribution is 0.326. The first kappa shape index (κ1) is 11.3. The second-order valence-corrected chi connectivity index (χ2v) is 5.95. The van der Waals surface area contributed by atoms with Crippen molar-refractivity contribution in [2.75, 3.05) is 6.54 Å². The molecule has 1 aliphatic carbocycles. The zero-order chi connectivity index (χ0) is 11.7. The number of hydrogen-bond acceptors (Lipinski definition) is 1. The van der Waals surface area contributed by atoms with E-state index in [9.17, 15) is 0 Å². The van der Waals surface area contributed by atoms with Gasteiger partial charge in [0.2, 0.25) is 0 Å². The van der Waals surface area contributed by atoms with E-state index in [0.29, 0.717) is 6.04 Å². The summed E-state index contributed by atoms with van der Waals surface area (Å²) in [5.41, 5.74) is 4.75. The summed E-state index contributed by atoms with van der Waals surface area (Å²) in [6, 6.07) is 7.89. The molecule has 92 valence electrons. The number of fused-ring (bicyclic) bond motifs is 1. The van der Waals surface area contributed by atoms with Crippen LogP contribution in [0.3, 0.4) is 0 Å². The van der Waals surface area contributed by atoms with Gasteiger partial charge in [-0.05, 0) is 67.7 Å². The minimum Gasteiger partial charge on any atom is -0.313 e. The molecule has 1 heterocycles. The Balaban J connectivity index is 1.65. The summed E-state index contributed by atoms with van der Waals surface area (Å²) < 4.78 is 0. The van der Waals surface area contributed by atoms with Gasteiger partial charge < -0.3 is 5.32 Å². The van der Waals surface area contributed by atoms with Crippen molar-refractivity contribution in [3.8, 4) is 0 Å². The summed E-state index contributed by atoms with van der Waals surface area (Å²) >= 11 is 0. The minimum atomic E-state index is 0.714. The highest BCUT2D eigenvalue weighted by Gasteiger charge is 2.18. The van der Waals surface area contributed by atoms with Gasteiger partial charge >= 0.3 is 0 Å². The average molecular weight is 229 g/mol. The highest BCUT2D eigenvalue weighted by atomic mass is 14.9. The maximum atomic E-state index is 3.69. The Bertz CT molecular complexity index is 389. The Morgan fingerprint density at radius 3 is 2.88 bits per heavy atom. The second kappa shape index (κ2) is 4.81. The van der Waals surface area contributed by atoms with E-state index in [4.69, 9.17) is 0 Å². The molecule has 17 heavy (non-hydrogen) atoms. The molecular formula is C16H23N. The van der Waals surface area contributed by atoms with Crippen LogP contribution in [0.5, 0.6) is 0 Å². The smallest absolute Gasteiger partial charge is 0.0108 e. The molecule has 2 unspecified atom stereocenters. The first-order valence-electron chi connectivity index (χ1n) is 7.15. The minimum absolute atomic E-state index is 0.714. The van der Waals surface area contributed by atoms with E-state index in [1.54, 1.807) is 11.1 Å². The Kier molecular flexibility index (Phi) is 3.19. The Morgan fingerprint density at radius 1 is 1.18 bits per heavy atom. The van der Waals surface area contributed by atoms with E-state index in [-0.39, 0.29) is 0 Å². The summed E-state index contributed by atoms with van der Waals surface area (Å²) in [6.07, 6.45) is 7.92. The summed E-state index contributed by atoms with van der Waals surface area (Å²) in [4.78, 5) is 0. The molecule has 0 spiro atoms. The molecular weight excluding hydrogens is 206 g/mol. The van der Waals surface area contributed by atoms with Gasteiger partial charge in [-0.25, -0.2) is 0 Å². The third-order valence-electron chi connectivity index (χ3n) is 4.41.